The molecule has 110 valence electrons. The van der Waals surface area contributed by atoms with Crippen LogP contribution in [0.1, 0.15) is 25.0 Å². The standard InChI is InChI=1S/C19H24N2/c1-15-9-7-8-12-18(15)21-14-19(3,20-13-16(21)2)17-10-5-4-6-11-17/h4-12,16,20H,13-14H2,1-3H3. The second kappa shape index (κ2) is 5.53. The molecule has 1 aliphatic rings. The summed E-state index contributed by atoms with van der Waals surface area (Å²) in [6.07, 6.45) is 0. The summed E-state index contributed by atoms with van der Waals surface area (Å²) in [5.41, 5.74) is 4.06. The Morgan fingerprint density at radius 2 is 1.71 bits per heavy atom. The highest BCUT2D eigenvalue weighted by molar-refractivity contribution is 5.55. The lowest BCUT2D eigenvalue weighted by molar-refractivity contribution is 0.299. The Morgan fingerprint density at radius 1 is 1.05 bits per heavy atom. The SMILES string of the molecule is Cc1ccccc1N1CC(C)(c2ccccc2)NCC1C. The molecular weight excluding hydrogens is 256 g/mol. The largest absolute Gasteiger partial charge is 0.365 e. The molecule has 0 bridgehead atoms. The van der Waals surface area contributed by atoms with Gasteiger partial charge in [-0.3, -0.25) is 0 Å². The summed E-state index contributed by atoms with van der Waals surface area (Å²) in [6.45, 7) is 8.79. The molecule has 1 heterocycles. The number of hydrogen-bond acceptors (Lipinski definition) is 2. The molecule has 3 rings (SSSR count). The van der Waals surface area contributed by atoms with E-state index < -0.39 is 0 Å². The molecule has 0 saturated carbocycles. The van der Waals surface area contributed by atoms with Gasteiger partial charge < -0.3 is 10.2 Å². The first-order valence-corrected chi connectivity index (χ1v) is 7.73. The lowest BCUT2D eigenvalue weighted by Gasteiger charge is -2.47. The Bertz CT molecular complexity index is 608. The number of piperazine rings is 1. The van der Waals surface area contributed by atoms with E-state index in [-0.39, 0.29) is 5.54 Å². The fourth-order valence-corrected chi connectivity index (χ4v) is 3.24. The summed E-state index contributed by atoms with van der Waals surface area (Å²) in [6, 6.07) is 20.0. The number of aryl methyl sites for hydroxylation is 1. The monoisotopic (exact) mass is 280 g/mol. The second-order valence-corrected chi connectivity index (χ2v) is 6.34. The Morgan fingerprint density at radius 3 is 2.43 bits per heavy atom. The molecule has 0 aliphatic carbocycles. The van der Waals surface area contributed by atoms with Crippen molar-refractivity contribution in [3.63, 3.8) is 0 Å². The van der Waals surface area contributed by atoms with E-state index in [1.165, 1.54) is 16.8 Å². The van der Waals surface area contributed by atoms with Crippen molar-refractivity contribution in [1.82, 2.24) is 5.32 Å². The third-order valence-electron chi connectivity index (χ3n) is 4.64. The molecular formula is C19H24N2. The average Bonchev–Trinajstić information content (AvgIpc) is 2.52. The van der Waals surface area contributed by atoms with Gasteiger partial charge in [-0.2, -0.15) is 0 Å². The van der Waals surface area contributed by atoms with Gasteiger partial charge in [0, 0.05) is 24.8 Å². The van der Waals surface area contributed by atoms with E-state index in [9.17, 15) is 0 Å². The quantitative estimate of drug-likeness (QED) is 0.902. The molecule has 1 aliphatic heterocycles. The van der Waals surface area contributed by atoms with Crippen LogP contribution in [0.3, 0.4) is 0 Å². The summed E-state index contributed by atoms with van der Waals surface area (Å²) >= 11 is 0. The topological polar surface area (TPSA) is 15.3 Å². The van der Waals surface area contributed by atoms with Crippen molar-refractivity contribution in [1.29, 1.82) is 0 Å². The average molecular weight is 280 g/mol. The van der Waals surface area contributed by atoms with Gasteiger partial charge in [-0.15, -0.1) is 0 Å². The van der Waals surface area contributed by atoms with Crippen LogP contribution in [0.25, 0.3) is 0 Å². The van der Waals surface area contributed by atoms with Crippen molar-refractivity contribution < 1.29 is 0 Å². The molecule has 2 heteroatoms. The molecule has 1 fully saturated rings. The molecule has 21 heavy (non-hydrogen) atoms. The van der Waals surface area contributed by atoms with Gasteiger partial charge in [0.05, 0.1) is 5.54 Å². The molecule has 0 aromatic heterocycles. The van der Waals surface area contributed by atoms with Crippen LogP contribution in [0, 0.1) is 6.92 Å². The van der Waals surface area contributed by atoms with E-state index >= 15 is 0 Å². The molecule has 2 nitrogen and oxygen atoms in total. The van der Waals surface area contributed by atoms with E-state index in [4.69, 9.17) is 0 Å². The van der Waals surface area contributed by atoms with E-state index in [2.05, 4.69) is 85.6 Å². The normalized spacial score (nSPS) is 25.9. The van der Waals surface area contributed by atoms with Crippen molar-refractivity contribution in [3.05, 3.63) is 65.7 Å². The van der Waals surface area contributed by atoms with Crippen molar-refractivity contribution in [2.45, 2.75) is 32.4 Å². The Labute approximate surface area is 127 Å². The fourth-order valence-electron chi connectivity index (χ4n) is 3.24. The van der Waals surface area contributed by atoms with Crippen molar-refractivity contribution in [2.75, 3.05) is 18.0 Å². The zero-order valence-electron chi connectivity index (χ0n) is 13.1. The van der Waals surface area contributed by atoms with Crippen LogP contribution in [-0.2, 0) is 5.54 Å². The first kappa shape index (κ1) is 14.2. The zero-order chi connectivity index (χ0) is 14.9. The van der Waals surface area contributed by atoms with Crippen LogP contribution in [0.5, 0.6) is 0 Å². The van der Waals surface area contributed by atoms with Crippen molar-refractivity contribution >= 4 is 5.69 Å². The molecule has 2 aromatic rings. The number of benzene rings is 2. The van der Waals surface area contributed by atoms with Crippen LogP contribution in [0.15, 0.2) is 54.6 Å². The third-order valence-corrected chi connectivity index (χ3v) is 4.64. The summed E-state index contributed by atoms with van der Waals surface area (Å²) in [4.78, 5) is 2.54. The molecule has 2 atom stereocenters. The lowest BCUT2D eigenvalue weighted by Crippen LogP contribution is -2.60. The summed E-state index contributed by atoms with van der Waals surface area (Å²) in [7, 11) is 0. The number of para-hydroxylation sites is 1. The van der Waals surface area contributed by atoms with Crippen LogP contribution >= 0.6 is 0 Å². The summed E-state index contributed by atoms with van der Waals surface area (Å²) in [5.74, 6) is 0. The number of rotatable bonds is 2. The first-order valence-electron chi connectivity index (χ1n) is 7.73. The van der Waals surface area contributed by atoms with Crippen LogP contribution in [0.4, 0.5) is 5.69 Å². The lowest BCUT2D eigenvalue weighted by atomic mass is 9.88. The third kappa shape index (κ3) is 2.68. The molecule has 0 spiro atoms. The van der Waals surface area contributed by atoms with Gasteiger partial charge >= 0.3 is 0 Å². The predicted octanol–water partition coefficient (Wildman–Crippen LogP) is 3.71. The first-order chi connectivity index (χ1) is 10.1. The Hall–Kier alpha value is -1.80. The molecule has 0 amide bonds. The number of nitrogens with zero attached hydrogens (tertiary/aromatic N) is 1. The van der Waals surface area contributed by atoms with E-state index in [1.807, 2.05) is 0 Å². The van der Waals surface area contributed by atoms with Gasteiger partial charge in [0.25, 0.3) is 0 Å². The summed E-state index contributed by atoms with van der Waals surface area (Å²) < 4.78 is 0. The maximum atomic E-state index is 3.74. The second-order valence-electron chi connectivity index (χ2n) is 6.34. The minimum absolute atomic E-state index is 0.00392. The maximum absolute atomic E-state index is 3.74. The molecule has 0 radical (unpaired) electrons. The number of hydrogen-bond donors (Lipinski definition) is 1. The van der Waals surface area contributed by atoms with Crippen molar-refractivity contribution in [2.24, 2.45) is 0 Å². The number of nitrogens with one attached hydrogen (secondary N) is 1. The van der Waals surface area contributed by atoms with Crippen LogP contribution < -0.4 is 10.2 Å². The molecule has 2 unspecified atom stereocenters. The van der Waals surface area contributed by atoms with Gasteiger partial charge in [0.2, 0.25) is 0 Å². The van der Waals surface area contributed by atoms with Gasteiger partial charge in [-0.1, -0.05) is 48.5 Å². The van der Waals surface area contributed by atoms with E-state index in [0.29, 0.717) is 6.04 Å². The summed E-state index contributed by atoms with van der Waals surface area (Å²) in [5, 5.41) is 3.74. The maximum Gasteiger partial charge on any atom is 0.0584 e. The number of anilines is 1. The van der Waals surface area contributed by atoms with Gasteiger partial charge in [-0.25, -0.2) is 0 Å². The van der Waals surface area contributed by atoms with Gasteiger partial charge in [-0.05, 0) is 38.0 Å². The van der Waals surface area contributed by atoms with E-state index in [1.54, 1.807) is 0 Å². The highest BCUT2D eigenvalue weighted by atomic mass is 15.3. The van der Waals surface area contributed by atoms with Gasteiger partial charge in [0.1, 0.15) is 0 Å². The Balaban J connectivity index is 1.94. The fraction of sp³-hybridized carbons (Fsp3) is 0.368. The predicted molar refractivity (Wildman–Crippen MR) is 89.8 cm³/mol. The minimum Gasteiger partial charge on any atom is -0.365 e. The smallest absolute Gasteiger partial charge is 0.0584 e. The highest BCUT2D eigenvalue weighted by Gasteiger charge is 2.35. The molecule has 2 aromatic carbocycles. The zero-order valence-corrected chi connectivity index (χ0v) is 13.1. The Kier molecular flexibility index (Phi) is 3.73. The minimum atomic E-state index is -0.00392. The highest BCUT2D eigenvalue weighted by Crippen LogP contribution is 2.31. The van der Waals surface area contributed by atoms with Crippen molar-refractivity contribution in [3.8, 4) is 0 Å². The van der Waals surface area contributed by atoms with E-state index in [0.717, 1.165) is 13.1 Å². The van der Waals surface area contributed by atoms with Crippen LogP contribution in [-0.4, -0.2) is 19.1 Å². The van der Waals surface area contributed by atoms with Crippen LogP contribution in [0.2, 0.25) is 0 Å². The molecule has 1 saturated heterocycles. The molecule has 1 N–H and O–H groups in total. The van der Waals surface area contributed by atoms with Gasteiger partial charge in [0.15, 0.2) is 0 Å².